The van der Waals surface area contributed by atoms with E-state index in [-0.39, 0.29) is 5.91 Å². The maximum absolute atomic E-state index is 11.2. The first-order valence-corrected chi connectivity index (χ1v) is 6.12. The third-order valence-corrected chi connectivity index (χ3v) is 2.89. The Balaban J connectivity index is 2.61. The Bertz CT molecular complexity index is 347. The quantitative estimate of drug-likeness (QED) is 0.794. The van der Waals surface area contributed by atoms with Crippen molar-refractivity contribution < 1.29 is 9.90 Å². The van der Waals surface area contributed by atoms with Crippen molar-refractivity contribution in [3.63, 3.8) is 0 Å². The summed E-state index contributed by atoms with van der Waals surface area (Å²) in [5.41, 5.74) is 0.707. The number of hydrogen-bond donors (Lipinski definition) is 2. The third-order valence-electron chi connectivity index (χ3n) is 1.87. The zero-order chi connectivity index (χ0) is 12.1. The lowest BCUT2D eigenvalue weighted by molar-refractivity contribution is -0.123. The number of carbonyl (C=O) groups excluding carboxylic acids is 1. The zero-order valence-corrected chi connectivity index (χ0v) is 10.5. The minimum Gasteiger partial charge on any atom is -0.384 e. The van der Waals surface area contributed by atoms with Gasteiger partial charge in [0.2, 0.25) is 0 Å². The van der Waals surface area contributed by atoms with Crippen LogP contribution in [-0.4, -0.2) is 22.4 Å². The zero-order valence-electron chi connectivity index (χ0n) is 9.73. The van der Waals surface area contributed by atoms with Gasteiger partial charge in [0.05, 0.1) is 0 Å². The number of hydrogen-bond acceptors (Lipinski definition) is 3. The summed E-state index contributed by atoms with van der Waals surface area (Å²) in [5, 5.41) is 12.2. The lowest BCUT2D eigenvalue weighted by atomic mass is 10.3. The van der Waals surface area contributed by atoms with Crippen molar-refractivity contribution in [1.82, 2.24) is 0 Å². The predicted octanol–water partition coefficient (Wildman–Crippen LogP) is 2.51. The molecule has 1 atom stereocenters. The van der Waals surface area contributed by atoms with Crippen LogP contribution >= 0.6 is 11.8 Å². The number of thioether (sulfide) groups is 1. The summed E-state index contributed by atoms with van der Waals surface area (Å²) in [5.74, 6) is -0.385. The summed E-state index contributed by atoms with van der Waals surface area (Å²) in [7, 11) is 0. The molecule has 0 aromatic heterocycles. The third kappa shape index (κ3) is 4.24. The second kappa shape index (κ2) is 5.92. The monoisotopic (exact) mass is 239 g/mol. The highest BCUT2D eigenvalue weighted by atomic mass is 32.2. The molecule has 1 amide bonds. The fraction of sp³-hybridized carbons (Fsp3) is 0.417. The normalized spacial score (nSPS) is 12.6. The maximum Gasteiger partial charge on any atom is 0.252 e. The second-order valence-corrected chi connectivity index (χ2v) is 5.51. The molecule has 1 aromatic rings. The number of amides is 1. The van der Waals surface area contributed by atoms with E-state index in [0.29, 0.717) is 10.9 Å². The molecule has 2 N–H and O–H groups in total. The molecule has 1 aromatic carbocycles. The largest absolute Gasteiger partial charge is 0.384 e. The molecule has 16 heavy (non-hydrogen) atoms. The summed E-state index contributed by atoms with van der Waals surface area (Å²) >= 11 is 1.77. The number of aliphatic hydroxyl groups excluding tert-OH is 1. The summed E-state index contributed by atoms with van der Waals surface area (Å²) in [6, 6.07) is 7.60. The molecule has 0 saturated carbocycles. The lowest BCUT2D eigenvalue weighted by Gasteiger charge is -2.08. The molecule has 88 valence electrons. The van der Waals surface area contributed by atoms with Crippen LogP contribution in [0.15, 0.2) is 29.2 Å². The van der Waals surface area contributed by atoms with Gasteiger partial charge in [-0.3, -0.25) is 4.79 Å². The maximum atomic E-state index is 11.2. The highest BCUT2D eigenvalue weighted by Gasteiger charge is 2.08. The van der Waals surface area contributed by atoms with Crippen LogP contribution in [0.2, 0.25) is 0 Å². The van der Waals surface area contributed by atoms with Crippen LogP contribution in [0.5, 0.6) is 0 Å². The highest BCUT2D eigenvalue weighted by molar-refractivity contribution is 7.99. The Morgan fingerprint density at radius 2 is 1.81 bits per heavy atom. The molecule has 4 heteroatoms. The van der Waals surface area contributed by atoms with Crippen molar-refractivity contribution in [3.8, 4) is 0 Å². The van der Waals surface area contributed by atoms with Crippen LogP contribution in [0.25, 0.3) is 0 Å². The topological polar surface area (TPSA) is 49.3 Å². The van der Waals surface area contributed by atoms with Crippen LogP contribution in [0.3, 0.4) is 0 Å². The van der Waals surface area contributed by atoms with Gasteiger partial charge in [-0.15, -0.1) is 11.8 Å². The van der Waals surface area contributed by atoms with Crippen LogP contribution < -0.4 is 5.32 Å². The molecule has 0 aliphatic carbocycles. The predicted molar refractivity (Wildman–Crippen MR) is 67.7 cm³/mol. The van der Waals surface area contributed by atoms with Gasteiger partial charge in [0.1, 0.15) is 6.10 Å². The van der Waals surface area contributed by atoms with E-state index >= 15 is 0 Å². The molecule has 1 unspecified atom stereocenters. The van der Waals surface area contributed by atoms with Gasteiger partial charge in [-0.2, -0.15) is 0 Å². The number of nitrogens with one attached hydrogen (secondary N) is 1. The van der Waals surface area contributed by atoms with E-state index in [2.05, 4.69) is 19.2 Å². The summed E-state index contributed by atoms with van der Waals surface area (Å²) in [6.07, 6.45) is -0.982. The number of anilines is 1. The summed E-state index contributed by atoms with van der Waals surface area (Å²) in [4.78, 5) is 12.4. The van der Waals surface area contributed by atoms with Crippen LogP contribution in [0.1, 0.15) is 20.8 Å². The minimum atomic E-state index is -0.982. The highest BCUT2D eigenvalue weighted by Crippen LogP contribution is 2.24. The van der Waals surface area contributed by atoms with E-state index in [1.54, 1.807) is 11.8 Å². The molecule has 0 heterocycles. The minimum absolute atomic E-state index is 0.385. The molecule has 3 nitrogen and oxygen atoms in total. The number of rotatable bonds is 4. The molecular formula is C12H17NO2S. The number of benzene rings is 1. The van der Waals surface area contributed by atoms with E-state index in [9.17, 15) is 4.79 Å². The Morgan fingerprint density at radius 1 is 1.25 bits per heavy atom. The van der Waals surface area contributed by atoms with Gasteiger partial charge in [0, 0.05) is 15.8 Å². The second-order valence-electron chi connectivity index (χ2n) is 3.86. The lowest BCUT2D eigenvalue weighted by Crippen LogP contribution is -2.24. The van der Waals surface area contributed by atoms with Crippen molar-refractivity contribution in [3.05, 3.63) is 24.3 Å². The fourth-order valence-corrected chi connectivity index (χ4v) is 1.97. The summed E-state index contributed by atoms with van der Waals surface area (Å²) < 4.78 is 0. The van der Waals surface area contributed by atoms with Gasteiger partial charge in [-0.05, 0) is 31.2 Å². The number of carbonyl (C=O) groups is 1. The van der Waals surface area contributed by atoms with Gasteiger partial charge < -0.3 is 10.4 Å². The van der Waals surface area contributed by atoms with Crippen molar-refractivity contribution in [2.24, 2.45) is 0 Å². The molecule has 0 aliphatic rings. The molecule has 0 fully saturated rings. The van der Waals surface area contributed by atoms with E-state index < -0.39 is 6.10 Å². The van der Waals surface area contributed by atoms with Crippen LogP contribution in [0, 0.1) is 0 Å². The first-order valence-electron chi connectivity index (χ1n) is 5.24. The average molecular weight is 239 g/mol. The molecular weight excluding hydrogens is 222 g/mol. The Labute approximate surface area is 100 Å². The van der Waals surface area contributed by atoms with Gasteiger partial charge in [-0.1, -0.05) is 13.8 Å². The molecule has 0 saturated heterocycles. The van der Waals surface area contributed by atoms with Crippen molar-refractivity contribution in [1.29, 1.82) is 0 Å². The molecule has 0 radical (unpaired) electrons. The fourth-order valence-electron chi connectivity index (χ4n) is 1.14. The van der Waals surface area contributed by atoms with Crippen molar-refractivity contribution >= 4 is 23.4 Å². The number of aliphatic hydroxyl groups is 1. The van der Waals surface area contributed by atoms with Gasteiger partial charge in [-0.25, -0.2) is 0 Å². The SMILES string of the molecule is CC(C)Sc1ccc(NC(=O)C(C)O)cc1. The summed E-state index contributed by atoms with van der Waals surface area (Å²) in [6.45, 7) is 5.71. The van der Waals surface area contributed by atoms with E-state index in [1.807, 2.05) is 24.3 Å². The van der Waals surface area contributed by atoms with Gasteiger partial charge in [0.15, 0.2) is 0 Å². The Hall–Kier alpha value is -1.00. The first-order chi connectivity index (χ1) is 7.49. The Kier molecular flexibility index (Phi) is 4.83. The first kappa shape index (κ1) is 13.1. The average Bonchev–Trinajstić information content (AvgIpc) is 2.20. The van der Waals surface area contributed by atoms with E-state index in [1.165, 1.54) is 11.8 Å². The van der Waals surface area contributed by atoms with Crippen LogP contribution in [0.4, 0.5) is 5.69 Å². The molecule has 0 aliphatic heterocycles. The van der Waals surface area contributed by atoms with Gasteiger partial charge in [0.25, 0.3) is 5.91 Å². The van der Waals surface area contributed by atoms with E-state index in [0.717, 1.165) is 0 Å². The molecule has 1 rings (SSSR count). The van der Waals surface area contributed by atoms with Crippen molar-refractivity contribution in [2.45, 2.75) is 37.0 Å². The standard InChI is InChI=1S/C12H17NO2S/c1-8(2)16-11-6-4-10(5-7-11)13-12(15)9(3)14/h4-9,14H,1-3H3,(H,13,15). The van der Waals surface area contributed by atoms with E-state index in [4.69, 9.17) is 5.11 Å². The Morgan fingerprint density at radius 3 is 2.25 bits per heavy atom. The van der Waals surface area contributed by atoms with Crippen molar-refractivity contribution in [2.75, 3.05) is 5.32 Å². The molecule has 0 spiro atoms. The van der Waals surface area contributed by atoms with Gasteiger partial charge >= 0.3 is 0 Å². The van der Waals surface area contributed by atoms with Crippen LogP contribution in [-0.2, 0) is 4.79 Å². The smallest absolute Gasteiger partial charge is 0.252 e. The molecule has 0 bridgehead atoms.